The van der Waals surface area contributed by atoms with E-state index in [0.717, 1.165) is 12.8 Å². The van der Waals surface area contributed by atoms with E-state index in [1.165, 1.54) is 19.3 Å². The fourth-order valence-corrected chi connectivity index (χ4v) is 2.72. The Bertz CT molecular complexity index is 205. The van der Waals surface area contributed by atoms with E-state index < -0.39 is 0 Å². The molecule has 0 spiro atoms. The minimum absolute atomic E-state index is 0.0194. The molecule has 0 saturated carbocycles. The average Bonchev–Trinajstić information content (AvgIpc) is 2.17. The van der Waals surface area contributed by atoms with Crippen molar-refractivity contribution in [2.45, 2.75) is 51.1 Å². The number of carbonyl (C=O) groups excluding carboxylic acids is 1. The van der Waals surface area contributed by atoms with Gasteiger partial charge in [0.15, 0.2) is 0 Å². The Labute approximate surface area is 85.2 Å². The molecular formula is C11H19NO2. The molecule has 2 bridgehead atoms. The molecule has 0 aromatic carbocycles. The van der Waals surface area contributed by atoms with Gasteiger partial charge in [-0.3, -0.25) is 4.79 Å². The van der Waals surface area contributed by atoms with Crippen molar-refractivity contribution in [3.8, 4) is 0 Å². The zero-order chi connectivity index (χ0) is 9.97. The van der Waals surface area contributed by atoms with Gasteiger partial charge in [0.1, 0.15) is 0 Å². The van der Waals surface area contributed by atoms with Crippen LogP contribution in [0.25, 0.3) is 0 Å². The minimum atomic E-state index is 0.0194. The van der Waals surface area contributed by atoms with Crippen molar-refractivity contribution in [2.75, 3.05) is 6.61 Å². The minimum Gasteiger partial charge on any atom is -0.466 e. The first kappa shape index (κ1) is 9.97. The van der Waals surface area contributed by atoms with Gasteiger partial charge in [0.25, 0.3) is 0 Å². The van der Waals surface area contributed by atoms with Crippen LogP contribution in [0, 0.1) is 5.92 Å². The van der Waals surface area contributed by atoms with Gasteiger partial charge in [-0.25, -0.2) is 0 Å². The van der Waals surface area contributed by atoms with Crippen LogP contribution >= 0.6 is 0 Å². The van der Waals surface area contributed by atoms with Crippen molar-refractivity contribution < 1.29 is 9.53 Å². The van der Waals surface area contributed by atoms with Crippen LogP contribution in [-0.2, 0) is 9.53 Å². The van der Waals surface area contributed by atoms with Gasteiger partial charge in [0.05, 0.1) is 12.5 Å². The highest BCUT2D eigenvalue weighted by atomic mass is 16.5. The molecule has 0 aromatic heterocycles. The van der Waals surface area contributed by atoms with Crippen LogP contribution in [0.1, 0.15) is 39.0 Å². The summed E-state index contributed by atoms with van der Waals surface area (Å²) in [6.45, 7) is 2.39. The third kappa shape index (κ3) is 2.08. The topological polar surface area (TPSA) is 38.3 Å². The first-order chi connectivity index (χ1) is 6.79. The predicted molar refractivity (Wildman–Crippen MR) is 53.9 cm³/mol. The fraction of sp³-hybridized carbons (Fsp3) is 0.909. The van der Waals surface area contributed by atoms with E-state index in [0.29, 0.717) is 18.7 Å². The molecule has 2 atom stereocenters. The lowest BCUT2D eigenvalue weighted by atomic mass is 9.80. The lowest BCUT2D eigenvalue weighted by molar-refractivity contribution is -0.150. The summed E-state index contributed by atoms with van der Waals surface area (Å²) < 4.78 is 5.08. The van der Waals surface area contributed by atoms with Crippen molar-refractivity contribution in [1.82, 2.24) is 5.32 Å². The Hall–Kier alpha value is -0.570. The van der Waals surface area contributed by atoms with Gasteiger partial charge in [0.2, 0.25) is 0 Å². The molecule has 0 radical (unpaired) electrons. The van der Waals surface area contributed by atoms with E-state index in [2.05, 4.69) is 5.32 Å². The highest BCUT2D eigenvalue weighted by Gasteiger charge is 2.35. The molecule has 2 aliphatic rings. The number of hydrogen-bond acceptors (Lipinski definition) is 3. The summed E-state index contributed by atoms with van der Waals surface area (Å²) in [5, 5.41) is 3.57. The predicted octanol–water partition coefficient (Wildman–Crippen LogP) is 1.47. The van der Waals surface area contributed by atoms with Gasteiger partial charge in [-0.1, -0.05) is 6.42 Å². The maximum absolute atomic E-state index is 11.6. The molecule has 2 rings (SSSR count). The monoisotopic (exact) mass is 197 g/mol. The summed E-state index contributed by atoms with van der Waals surface area (Å²) in [5.74, 6) is 0.178. The lowest BCUT2D eigenvalue weighted by Gasteiger charge is -2.39. The summed E-state index contributed by atoms with van der Waals surface area (Å²) >= 11 is 0. The second-order valence-corrected chi connectivity index (χ2v) is 4.41. The Morgan fingerprint density at radius 3 is 2.57 bits per heavy atom. The fourth-order valence-electron chi connectivity index (χ4n) is 2.72. The van der Waals surface area contributed by atoms with Crippen LogP contribution in [0.3, 0.4) is 0 Å². The number of fused-ring (bicyclic) bond motifs is 2. The number of esters is 1. The van der Waals surface area contributed by atoms with E-state index in [1.54, 1.807) is 0 Å². The van der Waals surface area contributed by atoms with Crippen LogP contribution in [0.5, 0.6) is 0 Å². The van der Waals surface area contributed by atoms with Crippen LogP contribution in [0.4, 0.5) is 0 Å². The average molecular weight is 197 g/mol. The second kappa shape index (κ2) is 4.30. The van der Waals surface area contributed by atoms with Gasteiger partial charge in [-0.15, -0.1) is 0 Å². The normalized spacial score (nSPS) is 36.5. The number of rotatable bonds is 2. The molecule has 0 unspecified atom stereocenters. The van der Waals surface area contributed by atoms with Gasteiger partial charge in [-0.05, 0) is 32.6 Å². The second-order valence-electron chi connectivity index (χ2n) is 4.41. The Kier molecular flexibility index (Phi) is 3.06. The zero-order valence-electron chi connectivity index (χ0n) is 8.79. The quantitative estimate of drug-likeness (QED) is 0.681. The molecule has 2 saturated heterocycles. The van der Waals surface area contributed by atoms with Crippen LogP contribution in [0.15, 0.2) is 0 Å². The third-order valence-electron chi connectivity index (χ3n) is 3.33. The maximum atomic E-state index is 11.6. The van der Waals surface area contributed by atoms with Crippen LogP contribution in [0.2, 0.25) is 0 Å². The Balaban J connectivity index is 1.91. The molecule has 0 amide bonds. The van der Waals surface area contributed by atoms with E-state index in [4.69, 9.17) is 4.74 Å². The maximum Gasteiger partial charge on any atom is 0.309 e. The molecule has 2 fully saturated rings. The molecule has 14 heavy (non-hydrogen) atoms. The van der Waals surface area contributed by atoms with Crippen molar-refractivity contribution in [1.29, 1.82) is 0 Å². The van der Waals surface area contributed by atoms with Crippen LogP contribution in [-0.4, -0.2) is 24.7 Å². The highest BCUT2D eigenvalue weighted by molar-refractivity contribution is 5.72. The Morgan fingerprint density at radius 2 is 2.00 bits per heavy atom. The zero-order valence-corrected chi connectivity index (χ0v) is 8.79. The molecule has 1 N–H and O–H groups in total. The largest absolute Gasteiger partial charge is 0.466 e. The molecular weight excluding hydrogens is 178 g/mol. The van der Waals surface area contributed by atoms with Gasteiger partial charge >= 0.3 is 5.97 Å². The molecule has 2 heterocycles. The molecule has 3 nitrogen and oxygen atoms in total. The highest BCUT2D eigenvalue weighted by Crippen LogP contribution is 2.30. The summed E-state index contributed by atoms with van der Waals surface area (Å²) in [6, 6.07) is 1.13. The number of carbonyl (C=O) groups is 1. The van der Waals surface area contributed by atoms with Crippen LogP contribution < -0.4 is 5.32 Å². The van der Waals surface area contributed by atoms with Gasteiger partial charge in [-0.2, -0.15) is 0 Å². The number of nitrogens with one attached hydrogen (secondary N) is 1. The summed E-state index contributed by atoms with van der Waals surface area (Å²) in [6.07, 6.45) is 5.74. The molecule has 3 heteroatoms. The molecule has 80 valence electrons. The van der Waals surface area contributed by atoms with Crippen molar-refractivity contribution in [2.24, 2.45) is 5.92 Å². The summed E-state index contributed by atoms with van der Waals surface area (Å²) in [7, 11) is 0. The van der Waals surface area contributed by atoms with Gasteiger partial charge < -0.3 is 10.1 Å². The van der Waals surface area contributed by atoms with Crippen molar-refractivity contribution in [3.63, 3.8) is 0 Å². The first-order valence-corrected chi connectivity index (χ1v) is 5.72. The molecule has 0 aliphatic carbocycles. The summed E-state index contributed by atoms with van der Waals surface area (Å²) in [5.41, 5.74) is 0. The van der Waals surface area contributed by atoms with E-state index in [9.17, 15) is 4.79 Å². The van der Waals surface area contributed by atoms with E-state index in [-0.39, 0.29) is 11.9 Å². The van der Waals surface area contributed by atoms with E-state index >= 15 is 0 Å². The van der Waals surface area contributed by atoms with Crippen molar-refractivity contribution in [3.05, 3.63) is 0 Å². The SMILES string of the molecule is CCOC(=O)C1C[C@@H]2CCC[C@@H](C1)N2. The summed E-state index contributed by atoms with van der Waals surface area (Å²) in [4.78, 5) is 11.6. The third-order valence-corrected chi connectivity index (χ3v) is 3.33. The van der Waals surface area contributed by atoms with Crippen molar-refractivity contribution >= 4 is 5.97 Å². The standard InChI is InChI=1S/C11H19NO2/c1-2-14-11(13)8-6-9-4-3-5-10(7-8)12-9/h8-10,12H,2-7H2,1H3/t9-,10-/m0/s1. The number of hydrogen-bond donors (Lipinski definition) is 1. The van der Waals surface area contributed by atoms with Gasteiger partial charge in [0, 0.05) is 12.1 Å². The molecule has 2 aliphatic heterocycles. The Morgan fingerprint density at radius 1 is 1.36 bits per heavy atom. The first-order valence-electron chi connectivity index (χ1n) is 5.72. The molecule has 0 aromatic rings. The lowest BCUT2D eigenvalue weighted by Crippen LogP contribution is -2.50. The number of ether oxygens (including phenoxy) is 1. The smallest absolute Gasteiger partial charge is 0.309 e. The van der Waals surface area contributed by atoms with E-state index in [1.807, 2.05) is 6.92 Å². The number of piperidine rings is 2.